The molecule has 0 aliphatic carbocycles. The number of nitrogens with zero attached hydrogens (tertiary/aromatic N) is 3. The van der Waals surface area contributed by atoms with Crippen molar-refractivity contribution in [1.29, 1.82) is 0 Å². The van der Waals surface area contributed by atoms with Crippen LogP contribution in [-0.4, -0.2) is 42.6 Å². The van der Waals surface area contributed by atoms with Gasteiger partial charge in [-0.1, -0.05) is 42.7 Å². The van der Waals surface area contributed by atoms with Gasteiger partial charge in [0.25, 0.3) is 0 Å². The van der Waals surface area contributed by atoms with Gasteiger partial charge in [0.15, 0.2) is 5.82 Å². The summed E-state index contributed by atoms with van der Waals surface area (Å²) in [4.78, 5) is 4.38. The molecule has 0 saturated carbocycles. The molecular weight excluding hydrogens is 354 g/mol. The van der Waals surface area contributed by atoms with Gasteiger partial charge in [0, 0.05) is 12.5 Å². The van der Waals surface area contributed by atoms with Gasteiger partial charge in [0.05, 0.1) is 18.2 Å². The van der Waals surface area contributed by atoms with E-state index in [1.165, 1.54) is 10.4 Å². The predicted octanol–water partition coefficient (Wildman–Crippen LogP) is 2.61. The van der Waals surface area contributed by atoms with E-state index < -0.39 is 16.1 Å². The Morgan fingerprint density at radius 1 is 1.33 bits per heavy atom. The van der Waals surface area contributed by atoms with E-state index in [0.29, 0.717) is 18.3 Å². The van der Waals surface area contributed by atoms with Crippen molar-refractivity contribution >= 4 is 21.6 Å². The molecule has 1 fully saturated rings. The van der Waals surface area contributed by atoms with Gasteiger partial charge in [0.1, 0.15) is 10.9 Å². The fraction of sp³-hybridized carbons (Fsp3) is 0.467. The van der Waals surface area contributed by atoms with Crippen LogP contribution in [0.25, 0.3) is 0 Å². The van der Waals surface area contributed by atoms with Crippen molar-refractivity contribution in [2.75, 3.05) is 19.8 Å². The molecule has 0 radical (unpaired) electrons. The SMILES string of the molecule is CC(C)c1nc([C@H]2COCCN2S(=O)(=O)c2ccccc2Cl)no1. The third-order valence-electron chi connectivity index (χ3n) is 3.75. The lowest BCUT2D eigenvalue weighted by Crippen LogP contribution is -2.43. The second-order valence-corrected chi connectivity index (χ2v) is 8.05. The molecule has 1 aliphatic rings. The second-order valence-electron chi connectivity index (χ2n) is 5.78. The van der Waals surface area contributed by atoms with Crippen molar-refractivity contribution < 1.29 is 17.7 Å². The van der Waals surface area contributed by atoms with E-state index in [2.05, 4.69) is 10.1 Å². The van der Waals surface area contributed by atoms with E-state index in [1.807, 2.05) is 13.8 Å². The van der Waals surface area contributed by atoms with E-state index in [9.17, 15) is 8.42 Å². The smallest absolute Gasteiger partial charge is 0.245 e. The topological polar surface area (TPSA) is 85.5 Å². The van der Waals surface area contributed by atoms with E-state index >= 15 is 0 Å². The zero-order valence-corrected chi connectivity index (χ0v) is 14.9. The minimum absolute atomic E-state index is 0.0596. The third-order valence-corrected chi connectivity index (χ3v) is 6.16. The van der Waals surface area contributed by atoms with Crippen LogP contribution in [0.1, 0.15) is 37.5 Å². The van der Waals surface area contributed by atoms with Gasteiger partial charge < -0.3 is 9.26 Å². The van der Waals surface area contributed by atoms with Crippen molar-refractivity contribution in [2.24, 2.45) is 0 Å². The van der Waals surface area contributed by atoms with Crippen LogP contribution in [0.4, 0.5) is 0 Å². The Morgan fingerprint density at radius 2 is 2.08 bits per heavy atom. The highest BCUT2D eigenvalue weighted by molar-refractivity contribution is 7.89. The molecule has 0 N–H and O–H groups in total. The molecular formula is C15H18ClN3O4S. The summed E-state index contributed by atoms with van der Waals surface area (Å²) in [5.74, 6) is 0.823. The first-order valence-corrected chi connectivity index (χ1v) is 9.40. The third kappa shape index (κ3) is 3.19. The fourth-order valence-corrected chi connectivity index (χ4v) is 4.53. The Hall–Kier alpha value is -1.48. The van der Waals surface area contributed by atoms with Gasteiger partial charge in [-0.3, -0.25) is 0 Å². The number of hydrogen-bond acceptors (Lipinski definition) is 6. The van der Waals surface area contributed by atoms with Gasteiger partial charge in [-0.25, -0.2) is 8.42 Å². The number of aromatic nitrogens is 2. The van der Waals surface area contributed by atoms with E-state index in [0.717, 1.165) is 0 Å². The number of halogens is 1. The van der Waals surface area contributed by atoms with Gasteiger partial charge in [-0.2, -0.15) is 9.29 Å². The summed E-state index contributed by atoms with van der Waals surface area (Å²) < 4.78 is 38.0. The molecule has 0 unspecified atom stereocenters. The van der Waals surface area contributed by atoms with E-state index in [4.69, 9.17) is 20.9 Å². The Labute approximate surface area is 145 Å². The van der Waals surface area contributed by atoms with Gasteiger partial charge >= 0.3 is 0 Å². The maximum Gasteiger partial charge on any atom is 0.245 e. The first kappa shape index (κ1) is 17.3. The summed E-state index contributed by atoms with van der Waals surface area (Å²) in [6.45, 7) is 4.51. The van der Waals surface area contributed by atoms with Crippen LogP contribution in [-0.2, 0) is 14.8 Å². The summed E-state index contributed by atoms with van der Waals surface area (Å²) >= 11 is 6.08. The zero-order valence-electron chi connectivity index (χ0n) is 13.3. The van der Waals surface area contributed by atoms with Crippen LogP contribution in [0.2, 0.25) is 5.02 Å². The van der Waals surface area contributed by atoms with Crippen molar-refractivity contribution in [3.05, 3.63) is 41.0 Å². The first-order valence-electron chi connectivity index (χ1n) is 7.59. The minimum Gasteiger partial charge on any atom is -0.378 e. The summed E-state index contributed by atoms with van der Waals surface area (Å²) in [6.07, 6.45) is 0. The van der Waals surface area contributed by atoms with Gasteiger partial charge in [-0.05, 0) is 12.1 Å². The maximum atomic E-state index is 13.0. The monoisotopic (exact) mass is 371 g/mol. The molecule has 1 aromatic carbocycles. The maximum absolute atomic E-state index is 13.0. The molecule has 7 nitrogen and oxygen atoms in total. The Bertz CT molecular complexity index is 822. The lowest BCUT2D eigenvalue weighted by molar-refractivity contribution is 0.0282. The van der Waals surface area contributed by atoms with Crippen LogP contribution in [0, 0.1) is 0 Å². The number of benzene rings is 1. The quantitative estimate of drug-likeness (QED) is 0.821. The van der Waals surface area contributed by atoms with Crippen LogP contribution >= 0.6 is 11.6 Å². The lowest BCUT2D eigenvalue weighted by Gasteiger charge is -2.32. The van der Waals surface area contributed by atoms with Crippen LogP contribution in [0.3, 0.4) is 0 Å². The number of ether oxygens (including phenoxy) is 1. The average Bonchev–Trinajstić information content (AvgIpc) is 3.05. The zero-order chi connectivity index (χ0) is 17.3. The van der Waals surface area contributed by atoms with E-state index in [1.54, 1.807) is 18.2 Å². The average molecular weight is 372 g/mol. The Balaban J connectivity index is 1.99. The minimum atomic E-state index is -3.80. The number of hydrogen-bond donors (Lipinski definition) is 0. The number of sulfonamides is 1. The summed E-state index contributed by atoms with van der Waals surface area (Å²) in [5.41, 5.74) is 0. The molecule has 1 atom stereocenters. The Kier molecular flexibility index (Phi) is 4.91. The van der Waals surface area contributed by atoms with Gasteiger partial charge in [-0.15, -0.1) is 0 Å². The molecule has 24 heavy (non-hydrogen) atoms. The molecule has 0 spiro atoms. The summed E-state index contributed by atoms with van der Waals surface area (Å²) in [5, 5.41) is 4.12. The summed E-state index contributed by atoms with van der Waals surface area (Å²) in [7, 11) is -3.80. The normalized spacial score (nSPS) is 19.8. The summed E-state index contributed by atoms with van der Waals surface area (Å²) in [6, 6.07) is 5.72. The fourth-order valence-electron chi connectivity index (χ4n) is 2.48. The molecule has 0 amide bonds. The van der Waals surface area contributed by atoms with Gasteiger partial charge in [0.2, 0.25) is 15.9 Å². The molecule has 1 aromatic heterocycles. The van der Waals surface area contributed by atoms with Crippen molar-refractivity contribution in [1.82, 2.24) is 14.4 Å². The molecule has 2 heterocycles. The van der Waals surface area contributed by atoms with Crippen LogP contribution in [0.5, 0.6) is 0 Å². The highest BCUT2D eigenvalue weighted by Gasteiger charge is 2.38. The van der Waals surface area contributed by atoms with Crippen LogP contribution in [0.15, 0.2) is 33.7 Å². The molecule has 3 rings (SSSR count). The van der Waals surface area contributed by atoms with Crippen LogP contribution < -0.4 is 0 Å². The molecule has 130 valence electrons. The molecule has 2 aromatic rings. The van der Waals surface area contributed by atoms with Crippen molar-refractivity contribution in [3.8, 4) is 0 Å². The standard InChI is InChI=1S/C15H18ClN3O4S/c1-10(2)15-17-14(18-23-15)12-9-22-8-7-19(12)24(20,21)13-6-4-3-5-11(13)16/h3-6,10,12H,7-9H2,1-2H3/t12-/m1/s1. The molecule has 1 saturated heterocycles. The Morgan fingerprint density at radius 3 is 2.75 bits per heavy atom. The second kappa shape index (κ2) is 6.79. The number of rotatable bonds is 4. The lowest BCUT2D eigenvalue weighted by atomic mass is 10.2. The molecule has 9 heteroatoms. The largest absolute Gasteiger partial charge is 0.378 e. The van der Waals surface area contributed by atoms with Crippen molar-refractivity contribution in [2.45, 2.75) is 30.7 Å². The number of morpholine rings is 1. The first-order chi connectivity index (χ1) is 11.4. The predicted molar refractivity (Wildman–Crippen MR) is 87.3 cm³/mol. The van der Waals surface area contributed by atoms with E-state index in [-0.39, 0.29) is 29.0 Å². The molecule has 1 aliphatic heterocycles. The van der Waals surface area contributed by atoms with Crippen molar-refractivity contribution in [3.63, 3.8) is 0 Å². The highest BCUT2D eigenvalue weighted by atomic mass is 35.5. The molecule has 0 bridgehead atoms. The highest BCUT2D eigenvalue weighted by Crippen LogP contribution is 2.32.